The molecule has 0 amide bonds. The lowest BCUT2D eigenvalue weighted by Gasteiger charge is -2.44. The fourth-order valence-electron chi connectivity index (χ4n) is 7.07. The lowest BCUT2D eigenvalue weighted by Crippen LogP contribution is -2.43. The molecule has 0 radical (unpaired) electrons. The van der Waals surface area contributed by atoms with E-state index in [1.807, 2.05) is 0 Å². The van der Waals surface area contributed by atoms with Crippen LogP contribution in [-0.2, 0) is 4.43 Å². The van der Waals surface area contributed by atoms with Crippen LogP contribution in [-0.4, -0.2) is 18.9 Å². The first-order valence-electron chi connectivity index (χ1n) is 14.4. The van der Waals surface area contributed by atoms with Gasteiger partial charge in [0, 0.05) is 6.10 Å². The van der Waals surface area contributed by atoms with Crippen LogP contribution in [0, 0.1) is 40.9 Å². The average Bonchev–Trinajstić information content (AvgIpc) is 3.14. The van der Waals surface area contributed by atoms with Crippen LogP contribution < -0.4 is 0 Å². The zero-order valence-electron chi connectivity index (χ0n) is 23.7. The van der Waals surface area contributed by atoms with Gasteiger partial charge in [-0.1, -0.05) is 77.0 Å². The molecule has 3 aliphatic carbocycles. The minimum Gasteiger partial charge on any atom is -0.411 e. The van der Waals surface area contributed by atoms with Crippen molar-refractivity contribution in [2.75, 3.05) is 0 Å². The number of hydrogen-bond acceptors (Lipinski definition) is 1. The van der Waals surface area contributed by atoms with E-state index in [0.29, 0.717) is 23.2 Å². The van der Waals surface area contributed by atoms with Gasteiger partial charge in [0.1, 0.15) is 4.46 Å². The molecule has 0 aromatic rings. The molecule has 0 saturated heterocycles. The van der Waals surface area contributed by atoms with Crippen LogP contribution in [0.3, 0.4) is 0 Å². The Morgan fingerprint density at radius 3 is 2.31 bits per heavy atom. The first kappa shape index (κ1) is 29.5. The maximum Gasteiger partial charge on any atom is 0.220 e. The first-order chi connectivity index (χ1) is 16.3. The van der Waals surface area contributed by atoms with Gasteiger partial charge in [0.2, 0.25) is 8.32 Å². The molecule has 0 aromatic heterocycles. The number of allylic oxidation sites excluding steroid dienone is 5. The molecule has 200 valence electrons. The van der Waals surface area contributed by atoms with Gasteiger partial charge in [-0.05, 0) is 105 Å². The van der Waals surface area contributed by atoms with Gasteiger partial charge >= 0.3 is 0 Å². The third kappa shape index (κ3) is 7.09. The third-order valence-electron chi connectivity index (χ3n) is 9.97. The van der Waals surface area contributed by atoms with Gasteiger partial charge in [0.25, 0.3) is 0 Å². The topological polar surface area (TPSA) is 9.23 Å². The molecule has 0 unspecified atom stereocenters. The second kappa shape index (κ2) is 12.2. The van der Waals surface area contributed by atoms with Gasteiger partial charge < -0.3 is 4.43 Å². The van der Waals surface area contributed by atoms with E-state index in [0.717, 1.165) is 30.6 Å². The average molecular weight is 540 g/mol. The largest absolute Gasteiger partial charge is 0.411 e. The van der Waals surface area contributed by atoms with E-state index >= 15 is 0 Å². The standard InChI is InChI=1S/C31H52Cl2OSi/c1-21(2)22(3)11-12-24(5)28-17-18-29-25(10-9-19-31(28,29)6)14-15-26-20-27(16-13-23(26)4)34-35(7,8)30(32)33/h11-12,14-15,21-24,27-30H,9-10,13,16-20H2,1-8H3/b12-11+,25-14+,26-15-/t22-,23+,24+,27-,28+,29-,31+/m0/s1. The molecule has 3 fully saturated rings. The van der Waals surface area contributed by atoms with Crippen molar-refractivity contribution in [3.63, 3.8) is 0 Å². The highest BCUT2D eigenvalue weighted by Gasteiger charge is 2.50. The summed E-state index contributed by atoms with van der Waals surface area (Å²) in [5, 5.41) is 0. The molecule has 1 nitrogen and oxygen atoms in total. The first-order valence-corrected chi connectivity index (χ1v) is 18.2. The smallest absolute Gasteiger partial charge is 0.220 e. The van der Waals surface area contributed by atoms with Crippen molar-refractivity contribution in [2.24, 2.45) is 40.9 Å². The minimum atomic E-state index is -2.06. The van der Waals surface area contributed by atoms with E-state index in [2.05, 4.69) is 78.9 Å². The Bertz CT molecular complexity index is 798. The summed E-state index contributed by atoms with van der Waals surface area (Å²) in [6.45, 7) is 18.8. The van der Waals surface area contributed by atoms with Crippen molar-refractivity contribution >= 4 is 31.5 Å². The molecule has 4 heteroatoms. The van der Waals surface area contributed by atoms with E-state index in [4.69, 9.17) is 27.6 Å². The van der Waals surface area contributed by atoms with E-state index in [-0.39, 0.29) is 10.6 Å². The van der Waals surface area contributed by atoms with Crippen molar-refractivity contribution in [3.05, 3.63) is 35.5 Å². The summed E-state index contributed by atoms with van der Waals surface area (Å²) in [6.07, 6.45) is 20.4. The molecule has 3 rings (SSSR count). The molecule has 7 atom stereocenters. The van der Waals surface area contributed by atoms with Crippen LogP contribution in [0.4, 0.5) is 0 Å². The fourth-order valence-corrected chi connectivity index (χ4v) is 8.54. The highest BCUT2D eigenvalue weighted by Crippen LogP contribution is 2.59. The molecule has 3 saturated carbocycles. The summed E-state index contributed by atoms with van der Waals surface area (Å²) >= 11 is 12.5. The van der Waals surface area contributed by atoms with E-state index in [9.17, 15) is 0 Å². The number of fused-ring (bicyclic) bond motifs is 1. The van der Waals surface area contributed by atoms with Crippen LogP contribution in [0.1, 0.15) is 92.9 Å². The third-order valence-corrected chi connectivity index (χ3v) is 15.1. The van der Waals surface area contributed by atoms with Crippen LogP contribution in [0.15, 0.2) is 35.5 Å². The van der Waals surface area contributed by atoms with Crippen LogP contribution >= 0.6 is 23.2 Å². The summed E-state index contributed by atoms with van der Waals surface area (Å²) in [4.78, 5) is 0. The Labute approximate surface area is 228 Å². The Kier molecular flexibility index (Phi) is 10.3. The fraction of sp³-hybridized carbons (Fsp3) is 0.806. The minimum absolute atomic E-state index is 0.269. The summed E-state index contributed by atoms with van der Waals surface area (Å²) < 4.78 is 6.12. The molecule has 0 heterocycles. The molecule has 0 aromatic carbocycles. The van der Waals surface area contributed by atoms with Crippen molar-refractivity contribution in [3.8, 4) is 0 Å². The van der Waals surface area contributed by atoms with Crippen LogP contribution in [0.5, 0.6) is 0 Å². The monoisotopic (exact) mass is 538 g/mol. The van der Waals surface area contributed by atoms with Gasteiger partial charge in [-0.15, -0.1) is 23.2 Å². The second-order valence-corrected chi connectivity index (χ2v) is 19.1. The van der Waals surface area contributed by atoms with Gasteiger partial charge in [0.05, 0.1) is 0 Å². The SMILES string of the molecule is CC(C)[C@@H](C)/C=C/[C@@H](C)[C@H]1CC[C@H]2/C(=C/C=C3/C[C@@H](O[Si](C)(C)C(Cl)Cl)CC[C@H]3C)CCC[C@]12C. The molecule has 3 aliphatic rings. The van der Waals surface area contributed by atoms with Crippen molar-refractivity contribution in [1.82, 2.24) is 0 Å². The molecule has 0 spiro atoms. The summed E-state index contributed by atoms with van der Waals surface area (Å²) in [7, 11) is -2.06. The predicted octanol–water partition coefficient (Wildman–Crippen LogP) is 10.3. The van der Waals surface area contributed by atoms with Crippen LogP contribution in [0.2, 0.25) is 13.1 Å². The molecule has 0 aliphatic heterocycles. The summed E-state index contributed by atoms with van der Waals surface area (Å²) in [5.74, 6) is 4.24. The van der Waals surface area contributed by atoms with Crippen molar-refractivity contribution in [1.29, 1.82) is 0 Å². The Morgan fingerprint density at radius 2 is 1.66 bits per heavy atom. The maximum absolute atomic E-state index is 6.50. The van der Waals surface area contributed by atoms with E-state index in [1.165, 1.54) is 38.5 Å². The quantitative estimate of drug-likeness (QED) is 0.169. The maximum atomic E-state index is 6.50. The highest BCUT2D eigenvalue weighted by molar-refractivity contribution is 6.88. The Morgan fingerprint density at radius 1 is 0.971 bits per heavy atom. The second-order valence-electron chi connectivity index (χ2n) is 13.3. The van der Waals surface area contributed by atoms with E-state index < -0.39 is 8.32 Å². The number of alkyl halides is 2. The van der Waals surface area contributed by atoms with Gasteiger partial charge in [-0.25, -0.2) is 0 Å². The molecule has 35 heavy (non-hydrogen) atoms. The number of halogens is 2. The Hall–Kier alpha value is -0.0231. The van der Waals surface area contributed by atoms with Gasteiger partial charge in [-0.2, -0.15) is 0 Å². The van der Waals surface area contributed by atoms with E-state index in [1.54, 1.807) is 11.1 Å². The van der Waals surface area contributed by atoms with Crippen molar-refractivity contribution < 1.29 is 4.43 Å². The predicted molar refractivity (Wildman–Crippen MR) is 158 cm³/mol. The lowest BCUT2D eigenvalue weighted by atomic mass is 9.61. The molecule has 0 N–H and O–H groups in total. The number of hydrogen-bond donors (Lipinski definition) is 0. The normalized spacial score (nSPS) is 36.5. The van der Waals surface area contributed by atoms with Gasteiger partial charge in [0.15, 0.2) is 0 Å². The highest BCUT2D eigenvalue weighted by atomic mass is 35.5. The summed E-state index contributed by atoms with van der Waals surface area (Å²) in [5.41, 5.74) is 3.72. The van der Waals surface area contributed by atoms with Crippen LogP contribution in [0.25, 0.3) is 0 Å². The van der Waals surface area contributed by atoms with Crippen molar-refractivity contribution in [2.45, 2.75) is 117 Å². The zero-order chi connectivity index (χ0) is 26.0. The Balaban J connectivity index is 1.72. The summed E-state index contributed by atoms with van der Waals surface area (Å²) in [6, 6.07) is 0. The van der Waals surface area contributed by atoms with Gasteiger partial charge in [-0.3, -0.25) is 0 Å². The zero-order valence-corrected chi connectivity index (χ0v) is 26.3. The molecular formula is C31H52Cl2OSi. The molecule has 0 bridgehead atoms. The number of rotatable bonds is 8. The lowest BCUT2D eigenvalue weighted by molar-refractivity contribution is 0.112. The molecular weight excluding hydrogens is 487 g/mol.